The van der Waals surface area contributed by atoms with Gasteiger partial charge in [-0.15, -0.1) is 12.6 Å². The monoisotopic (exact) mass is 194 g/mol. The van der Waals surface area contributed by atoms with Gasteiger partial charge in [0.15, 0.2) is 0 Å². The number of unbranched alkanes of at least 4 members (excludes halogenated alkanes) is 3. The Morgan fingerprint density at radius 1 is 1.00 bits per heavy atom. The van der Waals surface area contributed by atoms with Crippen molar-refractivity contribution < 1.29 is 0 Å². The number of rotatable bonds is 5. The topological polar surface area (TPSA) is 0 Å². The third kappa shape index (κ3) is 4.37. The fourth-order valence-electron chi connectivity index (χ4n) is 1.42. The van der Waals surface area contributed by atoms with Gasteiger partial charge in [0.2, 0.25) is 0 Å². The zero-order valence-corrected chi connectivity index (χ0v) is 9.19. The molecule has 0 fully saturated rings. The molecule has 0 aromatic heterocycles. The Morgan fingerprint density at radius 2 is 1.69 bits per heavy atom. The first-order valence-corrected chi connectivity index (χ1v) is 5.55. The molecule has 13 heavy (non-hydrogen) atoms. The number of benzene rings is 1. The van der Waals surface area contributed by atoms with Crippen molar-refractivity contribution >= 4 is 12.6 Å². The molecule has 0 aliphatic carbocycles. The molecule has 1 aromatic carbocycles. The maximum absolute atomic E-state index is 4.26. The average molecular weight is 194 g/mol. The maximum Gasteiger partial charge on any atom is 0.00401 e. The molecule has 0 bridgehead atoms. The van der Waals surface area contributed by atoms with Crippen molar-refractivity contribution in [2.45, 2.75) is 43.9 Å². The Morgan fingerprint density at radius 3 is 2.31 bits per heavy atom. The first-order valence-electron chi connectivity index (χ1n) is 5.11. The minimum atomic E-state index is 1.05. The van der Waals surface area contributed by atoms with Crippen molar-refractivity contribution in [1.82, 2.24) is 0 Å². The Kier molecular flexibility index (Phi) is 4.99. The first-order chi connectivity index (χ1) is 6.33. The van der Waals surface area contributed by atoms with E-state index in [1.807, 2.05) is 0 Å². The number of hydrogen-bond donors (Lipinski definition) is 1. The maximum atomic E-state index is 4.26. The van der Waals surface area contributed by atoms with Crippen LogP contribution in [-0.2, 0) is 6.42 Å². The predicted octanol–water partition coefficient (Wildman–Crippen LogP) is 4.10. The molecule has 0 saturated carbocycles. The molecule has 0 saturated heterocycles. The van der Waals surface area contributed by atoms with Crippen LogP contribution in [-0.4, -0.2) is 0 Å². The van der Waals surface area contributed by atoms with Crippen LogP contribution >= 0.6 is 12.6 Å². The summed E-state index contributed by atoms with van der Waals surface area (Å²) in [5.74, 6) is 0. The van der Waals surface area contributed by atoms with Crippen LogP contribution in [0.15, 0.2) is 29.2 Å². The van der Waals surface area contributed by atoms with Gasteiger partial charge in [-0.25, -0.2) is 0 Å². The molecule has 1 rings (SSSR count). The highest BCUT2D eigenvalue weighted by molar-refractivity contribution is 7.80. The highest BCUT2D eigenvalue weighted by Crippen LogP contribution is 2.11. The highest BCUT2D eigenvalue weighted by Gasteiger charge is 1.92. The minimum Gasteiger partial charge on any atom is -0.143 e. The van der Waals surface area contributed by atoms with Gasteiger partial charge < -0.3 is 0 Å². The van der Waals surface area contributed by atoms with Crippen molar-refractivity contribution in [3.8, 4) is 0 Å². The van der Waals surface area contributed by atoms with Crippen LogP contribution in [0.3, 0.4) is 0 Å². The summed E-state index contributed by atoms with van der Waals surface area (Å²) in [6, 6.07) is 8.49. The molecule has 0 N–H and O–H groups in total. The Balaban J connectivity index is 2.25. The lowest BCUT2D eigenvalue weighted by atomic mass is 10.1. The molecule has 0 spiro atoms. The molecule has 72 valence electrons. The summed E-state index contributed by atoms with van der Waals surface area (Å²) in [5, 5.41) is 0. The van der Waals surface area contributed by atoms with Gasteiger partial charge in [-0.3, -0.25) is 0 Å². The molecule has 0 aliphatic heterocycles. The average Bonchev–Trinajstić information content (AvgIpc) is 2.15. The van der Waals surface area contributed by atoms with Crippen LogP contribution in [0.1, 0.15) is 38.2 Å². The van der Waals surface area contributed by atoms with E-state index in [2.05, 4.69) is 43.8 Å². The summed E-state index contributed by atoms with van der Waals surface area (Å²) in [6.45, 7) is 2.25. The second-order valence-corrected chi connectivity index (χ2v) is 3.99. The molecule has 0 nitrogen and oxygen atoms in total. The summed E-state index contributed by atoms with van der Waals surface area (Å²) in [7, 11) is 0. The van der Waals surface area contributed by atoms with Crippen LogP contribution in [0.4, 0.5) is 0 Å². The number of aryl methyl sites for hydroxylation is 1. The van der Waals surface area contributed by atoms with Crippen molar-refractivity contribution in [2.24, 2.45) is 0 Å². The van der Waals surface area contributed by atoms with E-state index in [1.165, 1.54) is 37.7 Å². The summed E-state index contributed by atoms with van der Waals surface area (Å²) in [5.41, 5.74) is 1.44. The molecule has 1 heteroatoms. The van der Waals surface area contributed by atoms with Crippen molar-refractivity contribution in [1.29, 1.82) is 0 Å². The summed E-state index contributed by atoms with van der Waals surface area (Å²) in [6.07, 6.45) is 6.58. The molecule has 0 radical (unpaired) electrons. The molecular formula is C12H18S. The number of hydrogen-bond acceptors (Lipinski definition) is 1. The van der Waals surface area contributed by atoms with E-state index in [1.54, 1.807) is 0 Å². The lowest BCUT2D eigenvalue weighted by Gasteiger charge is -2.00. The normalized spacial score (nSPS) is 10.3. The van der Waals surface area contributed by atoms with Crippen LogP contribution in [0.2, 0.25) is 0 Å². The van der Waals surface area contributed by atoms with Gasteiger partial charge in [0.1, 0.15) is 0 Å². The van der Waals surface area contributed by atoms with Crippen LogP contribution in [0, 0.1) is 0 Å². The minimum absolute atomic E-state index is 1.05. The van der Waals surface area contributed by atoms with Gasteiger partial charge in [-0.2, -0.15) is 0 Å². The van der Waals surface area contributed by atoms with Crippen molar-refractivity contribution in [2.75, 3.05) is 0 Å². The first kappa shape index (κ1) is 10.6. The smallest absolute Gasteiger partial charge is 0.00401 e. The fraction of sp³-hybridized carbons (Fsp3) is 0.500. The molecule has 0 amide bonds. The van der Waals surface area contributed by atoms with E-state index in [9.17, 15) is 0 Å². The van der Waals surface area contributed by atoms with E-state index in [0.29, 0.717) is 0 Å². The van der Waals surface area contributed by atoms with Gasteiger partial charge in [0, 0.05) is 4.90 Å². The van der Waals surface area contributed by atoms with Crippen molar-refractivity contribution in [3.05, 3.63) is 29.8 Å². The SMILES string of the molecule is CCCCCCc1ccc(S)cc1. The van der Waals surface area contributed by atoms with Gasteiger partial charge in [-0.05, 0) is 30.5 Å². The quantitative estimate of drug-likeness (QED) is 0.529. The van der Waals surface area contributed by atoms with Crippen LogP contribution in [0.25, 0.3) is 0 Å². The standard InChI is InChI=1S/C12H18S/c1-2-3-4-5-6-11-7-9-12(13)10-8-11/h7-10,13H,2-6H2,1H3. The van der Waals surface area contributed by atoms with Gasteiger partial charge >= 0.3 is 0 Å². The lowest BCUT2D eigenvalue weighted by molar-refractivity contribution is 0.667. The molecule has 0 unspecified atom stereocenters. The van der Waals surface area contributed by atoms with E-state index in [4.69, 9.17) is 0 Å². The summed E-state index contributed by atoms with van der Waals surface area (Å²) >= 11 is 4.26. The van der Waals surface area contributed by atoms with Crippen LogP contribution < -0.4 is 0 Å². The molecule has 0 atom stereocenters. The molecule has 1 aromatic rings. The van der Waals surface area contributed by atoms with E-state index in [0.717, 1.165) is 4.90 Å². The Bertz CT molecular complexity index is 225. The summed E-state index contributed by atoms with van der Waals surface area (Å²) < 4.78 is 0. The fourth-order valence-corrected chi connectivity index (χ4v) is 1.57. The highest BCUT2D eigenvalue weighted by atomic mass is 32.1. The van der Waals surface area contributed by atoms with E-state index >= 15 is 0 Å². The van der Waals surface area contributed by atoms with E-state index in [-0.39, 0.29) is 0 Å². The summed E-state index contributed by atoms with van der Waals surface area (Å²) in [4.78, 5) is 1.05. The molecular weight excluding hydrogens is 176 g/mol. The van der Waals surface area contributed by atoms with E-state index < -0.39 is 0 Å². The Hall–Kier alpha value is -0.430. The number of thiol groups is 1. The van der Waals surface area contributed by atoms with Gasteiger partial charge in [0.05, 0.1) is 0 Å². The Labute approximate surface area is 86.8 Å². The lowest BCUT2D eigenvalue weighted by Crippen LogP contribution is -1.84. The second-order valence-electron chi connectivity index (χ2n) is 3.48. The van der Waals surface area contributed by atoms with Gasteiger partial charge in [-0.1, -0.05) is 38.3 Å². The zero-order chi connectivity index (χ0) is 9.52. The van der Waals surface area contributed by atoms with Crippen LogP contribution in [0.5, 0.6) is 0 Å². The predicted molar refractivity (Wildman–Crippen MR) is 61.5 cm³/mol. The van der Waals surface area contributed by atoms with Gasteiger partial charge in [0.25, 0.3) is 0 Å². The third-order valence-corrected chi connectivity index (χ3v) is 2.55. The molecule has 0 aliphatic rings. The third-order valence-electron chi connectivity index (χ3n) is 2.26. The molecule has 0 heterocycles. The largest absolute Gasteiger partial charge is 0.143 e. The van der Waals surface area contributed by atoms with Crippen molar-refractivity contribution in [3.63, 3.8) is 0 Å². The second kappa shape index (κ2) is 6.09. The zero-order valence-electron chi connectivity index (χ0n) is 8.29.